The van der Waals surface area contributed by atoms with E-state index in [0.717, 1.165) is 13.2 Å². The standard InChI is InChI=1S/C7H11F2N3O3S/c1-12(3-6(8)9)16(14,15)7-5(4-13)2-10-11-7/h2,6,13H,3-4H2,1H3,(H,10,11). The number of nitrogens with one attached hydrogen (secondary N) is 1. The van der Waals surface area contributed by atoms with E-state index < -0.39 is 29.6 Å². The minimum Gasteiger partial charge on any atom is -0.392 e. The molecule has 0 atom stereocenters. The third kappa shape index (κ3) is 2.54. The lowest BCUT2D eigenvalue weighted by Crippen LogP contribution is -2.32. The van der Waals surface area contributed by atoms with Gasteiger partial charge in [-0.25, -0.2) is 17.2 Å². The molecule has 1 rings (SSSR count). The minimum atomic E-state index is -4.06. The van der Waals surface area contributed by atoms with Crippen LogP contribution in [0.5, 0.6) is 0 Å². The molecule has 1 heterocycles. The summed E-state index contributed by atoms with van der Waals surface area (Å²) in [6.45, 7) is -1.44. The number of rotatable bonds is 5. The summed E-state index contributed by atoms with van der Waals surface area (Å²) in [5.41, 5.74) is 0.0427. The first-order valence-corrected chi connectivity index (χ1v) is 5.71. The largest absolute Gasteiger partial charge is 0.392 e. The molecule has 92 valence electrons. The van der Waals surface area contributed by atoms with Gasteiger partial charge in [0.25, 0.3) is 16.4 Å². The van der Waals surface area contributed by atoms with Crippen LogP contribution in [0.1, 0.15) is 5.56 Å². The van der Waals surface area contributed by atoms with Crippen LogP contribution < -0.4 is 0 Å². The van der Waals surface area contributed by atoms with Crippen molar-refractivity contribution in [1.29, 1.82) is 0 Å². The Bertz CT molecular complexity index is 445. The number of aromatic nitrogens is 2. The molecular weight excluding hydrogens is 244 g/mol. The van der Waals surface area contributed by atoms with Crippen molar-refractivity contribution in [2.24, 2.45) is 0 Å². The first-order chi connectivity index (χ1) is 7.39. The summed E-state index contributed by atoms with van der Waals surface area (Å²) in [6.07, 6.45) is -1.64. The zero-order valence-corrected chi connectivity index (χ0v) is 9.21. The van der Waals surface area contributed by atoms with Crippen molar-refractivity contribution >= 4 is 10.0 Å². The van der Waals surface area contributed by atoms with Crippen LogP contribution in [0.3, 0.4) is 0 Å². The molecule has 1 aromatic heterocycles. The number of H-pyrrole nitrogens is 1. The van der Waals surface area contributed by atoms with Crippen LogP contribution in [-0.2, 0) is 16.6 Å². The van der Waals surface area contributed by atoms with Crippen molar-refractivity contribution in [3.05, 3.63) is 11.8 Å². The molecular formula is C7H11F2N3O3S. The fourth-order valence-corrected chi connectivity index (χ4v) is 2.32. The lowest BCUT2D eigenvalue weighted by molar-refractivity contribution is 0.126. The Balaban J connectivity index is 3.02. The smallest absolute Gasteiger partial charge is 0.260 e. The fourth-order valence-electron chi connectivity index (χ4n) is 1.08. The van der Waals surface area contributed by atoms with E-state index >= 15 is 0 Å². The Morgan fingerprint density at radius 1 is 1.62 bits per heavy atom. The van der Waals surface area contributed by atoms with E-state index in [4.69, 9.17) is 5.11 Å². The molecule has 0 spiro atoms. The van der Waals surface area contributed by atoms with Crippen LogP contribution in [-0.4, -0.2) is 48.0 Å². The normalized spacial score (nSPS) is 12.6. The van der Waals surface area contributed by atoms with Gasteiger partial charge in [0.15, 0.2) is 5.03 Å². The molecule has 0 aliphatic carbocycles. The van der Waals surface area contributed by atoms with E-state index in [1.54, 1.807) is 0 Å². The maximum atomic E-state index is 12.1. The average Bonchev–Trinajstić information content (AvgIpc) is 2.64. The zero-order valence-electron chi connectivity index (χ0n) is 8.39. The van der Waals surface area contributed by atoms with Gasteiger partial charge < -0.3 is 5.11 Å². The lowest BCUT2D eigenvalue weighted by Gasteiger charge is -2.15. The number of halogens is 2. The fraction of sp³-hybridized carbons (Fsp3) is 0.571. The van der Waals surface area contributed by atoms with Crippen molar-refractivity contribution < 1.29 is 22.3 Å². The van der Waals surface area contributed by atoms with Crippen molar-refractivity contribution in [3.8, 4) is 0 Å². The minimum absolute atomic E-state index is 0.0427. The molecule has 0 saturated heterocycles. The molecule has 16 heavy (non-hydrogen) atoms. The van der Waals surface area contributed by atoms with Gasteiger partial charge in [-0.3, -0.25) is 5.10 Å². The summed E-state index contributed by atoms with van der Waals surface area (Å²) in [7, 11) is -3.03. The molecule has 1 aromatic rings. The number of sulfonamides is 1. The van der Waals surface area contributed by atoms with E-state index in [9.17, 15) is 17.2 Å². The van der Waals surface area contributed by atoms with Crippen LogP contribution in [0.2, 0.25) is 0 Å². The predicted molar refractivity (Wildman–Crippen MR) is 50.3 cm³/mol. The maximum Gasteiger partial charge on any atom is 0.260 e. The van der Waals surface area contributed by atoms with Gasteiger partial charge in [-0.05, 0) is 0 Å². The van der Waals surface area contributed by atoms with Gasteiger partial charge in [-0.15, -0.1) is 0 Å². The summed E-state index contributed by atoms with van der Waals surface area (Å²) in [6, 6.07) is 0. The van der Waals surface area contributed by atoms with E-state index in [2.05, 4.69) is 10.2 Å². The summed E-state index contributed by atoms with van der Waals surface area (Å²) < 4.78 is 48.1. The number of hydrogen-bond acceptors (Lipinski definition) is 4. The number of nitrogens with zero attached hydrogens (tertiary/aromatic N) is 2. The second-order valence-corrected chi connectivity index (χ2v) is 5.04. The highest BCUT2D eigenvalue weighted by atomic mass is 32.2. The lowest BCUT2D eigenvalue weighted by atomic mass is 10.4. The Hall–Kier alpha value is -1.06. The zero-order chi connectivity index (χ0) is 12.3. The molecule has 0 saturated carbocycles. The molecule has 0 aliphatic rings. The second kappa shape index (κ2) is 4.85. The Kier molecular flexibility index (Phi) is 3.94. The molecule has 0 radical (unpaired) electrons. The summed E-state index contributed by atoms with van der Waals surface area (Å²) in [4.78, 5) is 0. The van der Waals surface area contributed by atoms with Gasteiger partial charge in [-0.2, -0.15) is 9.40 Å². The summed E-state index contributed by atoms with van der Waals surface area (Å²) in [5, 5.41) is 14.1. The van der Waals surface area contributed by atoms with Crippen LogP contribution in [0.15, 0.2) is 11.2 Å². The van der Waals surface area contributed by atoms with Crippen molar-refractivity contribution in [2.45, 2.75) is 18.1 Å². The maximum absolute atomic E-state index is 12.1. The van der Waals surface area contributed by atoms with Crippen LogP contribution in [0.4, 0.5) is 8.78 Å². The molecule has 0 aliphatic heterocycles. The van der Waals surface area contributed by atoms with Gasteiger partial charge in [0.2, 0.25) is 0 Å². The number of aliphatic hydroxyl groups is 1. The molecule has 0 aromatic carbocycles. The highest BCUT2D eigenvalue weighted by molar-refractivity contribution is 7.89. The number of hydrogen-bond donors (Lipinski definition) is 2. The quantitative estimate of drug-likeness (QED) is 0.762. The average molecular weight is 255 g/mol. The van der Waals surface area contributed by atoms with E-state index in [0.29, 0.717) is 4.31 Å². The monoisotopic (exact) mass is 255 g/mol. The third-order valence-corrected chi connectivity index (χ3v) is 3.75. The molecule has 6 nitrogen and oxygen atoms in total. The van der Waals surface area contributed by atoms with Gasteiger partial charge in [-0.1, -0.05) is 0 Å². The van der Waals surface area contributed by atoms with Gasteiger partial charge >= 0.3 is 0 Å². The third-order valence-electron chi connectivity index (χ3n) is 1.91. The number of aliphatic hydroxyl groups excluding tert-OH is 1. The molecule has 9 heteroatoms. The Morgan fingerprint density at radius 2 is 2.25 bits per heavy atom. The van der Waals surface area contributed by atoms with E-state index in [1.165, 1.54) is 0 Å². The van der Waals surface area contributed by atoms with Gasteiger partial charge in [0.1, 0.15) is 0 Å². The molecule has 0 fully saturated rings. The van der Waals surface area contributed by atoms with E-state index in [1.807, 2.05) is 0 Å². The second-order valence-electron chi connectivity index (χ2n) is 3.06. The first-order valence-electron chi connectivity index (χ1n) is 4.27. The SMILES string of the molecule is CN(CC(F)F)S(=O)(=O)c1[nH]ncc1CO. The van der Waals surface area contributed by atoms with Gasteiger partial charge in [0, 0.05) is 12.6 Å². The van der Waals surface area contributed by atoms with Crippen molar-refractivity contribution in [1.82, 2.24) is 14.5 Å². The topological polar surface area (TPSA) is 86.3 Å². The first kappa shape index (κ1) is 13.0. The van der Waals surface area contributed by atoms with Crippen molar-refractivity contribution in [3.63, 3.8) is 0 Å². The van der Waals surface area contributed by atoms with Gasteiger partial charge in [0.05, 0.1) is 19.3 Å². The Morgan fingerprint density at radius 3 is 2.75 bits per heavy atom. The van der Waals surface area contributed by atoms with Crippen LogP contribution in [0.25, 0.3) is 0 Å². The number of alkyl halides is 2. The summed E-state index contributed by atoms with van der Waals surface area (Å²) >= 11 is 0. The molecule has 0 bridgehead atoms. The molecule has 2 N–H and O–H groups in total. The highest BCUT2D eigenvalue weighted by Gasteiger charge is 2.27. The van der Waals surface area contributed by atoms with Crippen LogP contribution in [0, 0.1) is 0 Å². The highest BCUT2D eigenvalue weighted by Crippen LogP contribution is 2.16. The predicted octanol–water partition coefficient (Wildman–Crippen LogP) is -0.212. The molecule has 0 amide bonds. The Labute approximate surface area is 90.9 Å². The number of aromatic amines is 1. The van der Waals surface area contributed by atoms with Crippen molar-refractivity contribution in [2.75, 3.05) is 13.6 Å². The van der Waals surface area contributed by atoms with E-state index in [-0.39, 0.29) is 10.6 Å². The van der Waals surface area contributed by atoms with Crippen LogP contribution >= 0.6 is 0 Å². The summed E-state index contributed by atoms with van der Waals surface area (Å²) in [5.74, 6) is 0. The molecule has 0 unspecified atom stereocenters.